The number of aromatic nitrogens is 2. The molecule has 2 amide bonds. The van der Waals surface area contributed by atoms with E-state index >= 15 is 0 Å². The molecule has 1 unspecified atom stereocenters. The van der Waals surface area contributed by atoms with Crippen LogP contribution in [0.3, 0.4) is 0 Å². The van der Waals surface area contributed by atoms with E-state index in [4.69, 9.17) is 0 Å². The van der Waals surface area contributed by atoms with Crippen LogP contribution in [0.2, 0.25) is 0 Å². The van der Waals surface area contributed by atoms with Gasteiger partial charge in [0.1, 0.15) is 0 Å². The fraction of sp³-hybridized carbons (Fsp3) is 0.526. The molecule has 2 aliphatic rings. The third-order valence-corrected chi connectivity index (χ3v) is 5.70. The highest BCUT2D eigenvalue weighted by atomic mass is 16.2. The second-order valence-corrected chi connectivity index (χ2v) is 7.31. The molecule has 0 saturated carbocycles. The standard InChI is InChI=1S/C19H25N5O2/c1-23(12-7-9-20-10-8-12)13-3-4-14-16(11-13)24(2)22-18(14)15-5-6-17(25)21-19(15)26/h3-4,11-12,15,20H,5-10H2,1-2H3,(H,21,25,26). The van der Waals surface area contributed by atoms with Crippen molar-refractivity contribution in [3.63, 3.8) is 0 Å². The van der Waals surface area contributed by atoms with Crippen molar-refractivity contribution in [3.8, 4) is 0 Å². The molecular formula is C19H25N5O2. The highest BCUT2D eigenvalue weighted by Crippen LogP contribution is 2.32. The van der Waals surface area contributed by atoms with Crippen molar-refractivity contribution in [1.29, 1.82) is 0 Å². The summed E-state index contributed by atoms with van der Waals surface area (Å²) in [4.78, 5) is 26.0. The fourth-order valence-corrected chi connectivity index (χ4v) is 4.11. The van der Waals surface area contributed by atoms with Gasteiger partial charge in [-0.2, -0.15) is 5.10 Å². The van der Waals surface area contributed by atoms with Gasteiger partial charge in [-0.3, -0.25) is 19.6 Å². The van der Waals surface area contributed by atoms with E-state index in [1.807, 2.05) is 11.7 Å². The largest absolute Gasteiger partial charge is 0.371 e. The maximum Gasteiger partial charge on any atom is 0.235 e. The number of anilines is 1. The van der Waals surface area contributed by atoms with Gasteiger partial charge in [-0.05, 0) is 50.6 Å². The lowest BCUT2D eigenvalue weighted by molar-refractivity contribution is -0.134. The van der Waals surface area contributed by atoms with E-state index in [2.05, 4.69) is 45.9 Å². The maximum absolute atomic E-state index is 12.2. The van der Waals surface area contributed by atoms with Crippen LogP contribution >= 0.6 is 0 Å². The zero-order chi connectivity index (χ0) is 18.3. The molecular weight excluding hydrogens is 330 g/mol. The van der Waals surface area contributed by atoms with E-state index in [1.165, 1.54) is 5.69 Å². The zero-order valence-corrected chi connectivity index (χ0v) is 15.3. The van der Waals surface area contributed by atoms with Gasteiger partial charge in [0.2, 0.25) is 11.8 Å². The molecule has 3 heterocycles. The number of hydrogen-bond donors (Lipinski definition) is 2. The average Bonchev–Trinajstić information content (AvgIpc) is 2.98. The average molecular weight is 355 g/mol. The molecule has 2 saturated heterocycles. The number of benzene rings is 1. The number of fused-ring (bicyclic) bond motifs is 1. The van der Waals surface area contributed by atoms with Gasteiger partial charge < -0.3 is 10.2 Å². The smallest absolute Gasteiger partial charge is 0.235 e. The summed E-state index contributed by atoms with van der Waals surface area (Å²) in [7, 11) is 4.06. The number of hydrogen-bond acceptors (Lipinski definition) is 5. The molecule has 0 spiro atoms. The van der Waals surface area contributed by atoms with E-state index in [0.29, 0.717) is 18.9 Å². The molecule has 26 heavy (non-hydrogen) atoms. The predicted octanol–water partition coefficient (Wildman–Crippen LogP) is 1.28. The number of rotatable bonds is 3. The number of carbonyl (C=O) groups excluding carboxylic acids is 2. The lowest BCUT2D eigenvalue weighted by Gasteiger charge is -2.33. The van der Waals surface area contributed by atoms with Crippen molar-refractivity contribution in [2.24, 2.45) is 7.05 Å². The van der Waals surface area contributed by atoms with E-state index in [9.17, 15) is 9.59 Å². The van der Waals surface area contributed by atoms with Gasteiger partial charge in [0.25, 0.3) is 0 Å². The first-order valence-electron chi connectivity index (χ1n) is 9.28. The van der Waals surface area contributed by atoms with Crippen molar-refractivity contribution in [1.82, 2.24) is 20.4 Å². The molecule has 4 rings (SSSR count). The minimum absolute atomic E-state index is 0.197. The second-order valence-electron chi connectivity index (χ2n) is 7.31. The van der Waals surface area contributed by atoms with Crippen molar-refractivity contribution in [2.75, 3.05) is 25.0 Å². The van der Waals surface area contributed by atoms with Crippen LogP contribution in [0.5, 0.6) is 0 Å². The first kappa shape index (κ1) is 17.0. The molecule has 2 aromatic rings. The molecule has 2 aliphatic heterocycles. The van der Waals surface area contributed by atoms with E-state index < -0.39 is 0 Å². The summed E-state index contributed by atoms with van der Waals surface area (Å²) >= 11 is 0. The molecule has 0 bridgehead atoms. The Hall–Kier alpha value is -2.41. The van der Waals surface area contributed by atoms with Gasteiger partial charge >= 0.3 is 0 Å². The number of carbonyl (C=O) groups is 2. The van der Waals surface area contributed by atoms with E-state index in [0.717, 1.165) is 42.5 Å². The monoisotopic (exact) mass is 355 g/mol. The van der Waals surface area contributed by atoms with Crippen LogP contribution in [0.15, 0.2) is 18.2 Å². The molecule has 7 heteroatoms. The number of aryl methyl sites for hydroxylation is 1. The Morgan fingerprint density at radius 3 is 2.69 bits per heavy atom. The van der Waals surface area contributed by atoms with Crippen molar-refractivity contribution in [2.45, 2.75) is 37.6 Å². The number of amides is 2. The fourth-order valence-electron chi connectivity index (χ4n) is 4.11. The van der Waals surface area contributed by atoms with Gasteiger partial charge in [0.05, 0.1) is 17.1 Å². The summed E-state index contributed by atoms with van der Waals surface area (Å²) in [5.41, 5.74) is 2.95. The summed E-state index contributed by atoms with van der Waals surface area (Å²) in [6.07, 6.45) is 3.17. The van der Waals surface area contributed by atoms with Crippen LogP contribution in [0.25, 0.3) is 10.9 Å². The van der Waals surface area contributed by atoms with Crippen molar-refractivity contribution >= 4 is 28.4 Å². The maximum atomic E-state index is 12.2. The Bertz CT molecular complexity index is 853. The summed E-state index contributed by atoms with van der Waals surface area (Å²) < 4.78 is 1.84. The molecule has 7 nitrogen and oxygen atoms in total. The number of piperidine rings is 2. The first-order valence-corrected chi connectivity index (χ1v) is 9.28. The van der Waals surface area contributed by atoms with Gasteiger partial charge in [-0.15, -0.1) is 0 Å². The minimum atomic E-state index is -0.357. The number of imide groups is 1. The summed E-state index contributed by atoms with van der Waals surface area (Å²) in [6, 6.07) is 6.87. The predicted molar refractivity (Wildman–Crippen MR) is 100 cm³/mol. The van der Waals surface area contributed by atoms with Crippen LogP contribution in [0.1, 0.15) is 37.3 Å². The first-order chi connectivity index (χ1) is 12.5. The highest BCUT2D eigenvalue weighted by Gasteiger charge is 2.31. The SMILES string of the molecule is CN(c1ccc2c(C3CCC(=O)NC3=O)nn(C)c2c1)C1CCNCC1. The van der Waals surface area contributed by atoms with E-state index in [-0.39, 0.29) is 17.7 Å². The lowest BCUT2D eigenvalue weighted by atomic mass is 9.92. The number of nitrogens with one attached hydrogen (secondary N) is 2. The van der Waals surface area contributed by atoms with Crippen molar-refractivity contribution < 1.29 is 9.59 Å². The van der Waals surface area contributed by atoms with Crippen molar-refractivity contribution in [3.05, 3.63) is 23.9 Å². The van der Waals surface area contributed by atoms with Crippen LogP contribution in [-0.2, 0) is 16.6 Å². The van der Waals surface area contributed by atoms with Crippen LogP contribution in [0, 0.1) is 0 Å². The molecule has 1 aromatic carbocycles. The Balaban J connectivity index is 1.66. The number of nitrogens with zero attached hydrogens (tertiary/aromatic N) is 3. The quantitative estimate of drug-likeness (QED) is 0.811. The Morgan fingerprint density at radius 2 is 1.96 bits per heavy atom. The summed E-state index contributed by atoms with van der Waals surface area (Å²) in [5, 5.41) is 11.4. The normalized spacial score (nSPS) is 21.8. The third-order valence-electron chi connectivity index (χ3n) is 5.70. The summed E-state index contributed by atoms with van der Waals surface area (Å²) in [5.74, 6) is -0.793. The summed E-state index contributed by atoms with van der Waals surface area (Å²) in [6.45, 7) is 2.12. The molecule has 1 atom stereocenters. The Morgan fingerprint density at radius 1 is 1.19 bits per heavy atom. The van der Waals surface area contributed by atoms with Gasteiger partial charge in [0.15, 0.2) is 0 Å². The highest BCUT2D eigenvalue weighted by molar-refractivity contribution is 6.02. The molecule has 0 radical (unpaired) electrons. The lowest BCUT2D eigenvalue weighted by Crippen LogP contribution is -2.41. The zero-order valence-electron chi connectivity index (χ0n) is 15.3. The Labute approximate surface area is 152 Å². The molecule has 2 N–H and O–H groups in total. The van der Waals surface area contributed by atoms with Crippen LogP contribution in [-0.4, -0.2) is 47.8 Å². The van der Waals surface area contributed by atoms with Gasteiger partial charge in [-0.25, -0.2) is 0 Å². The van der Waals surface area contributed by atoms with E-state index in [1.54, 1.807) is 0 Å². The topological polar surface area (TPSA) is 79.3 Å². The minimum Gasteiger partial charge on any atom is -0.371 e. The van der Waals surface area contributed by atoms with Crippen LogP contribution in [0.4, 0.5) is 5.69 Å². The van der Waals surface area contributed by atoms with Gasteiger partial charge in [0, 0.05) is 37.6 Å². The third kappa shape index (κ3) is 2.96. The molecule has 2 fully saturated rings. The Kier molecular flexibility index (Phi) is 4.40. The van der Waals surface area contributed by atoms with Crippen LogP contribution < -0.4 is 15.5 Å². The second kappa shape index (κ2) is 6.72. The molecule has 1 aromatic heterocycles. The van der Waals surface area contributed by atoms with Gasteiger partial charge in [-0.1, -0.05) is 0 Å². The molecule has 0 aliphatic carbocycles. The molecule has 138 valence electrons.